The van der Waals surface area contributed by atoms with Gasteiger partial charge in [0.15, 0.2) is 0 Å². The molecule has 188 valence electrons. The Bertz CT molecular complexity index is 1030. The zero-order valence-corrected chi connectivity index (χ0v) is 20.6. The largest absolute Gasteiger partial charge is 0.466 e. The first-order chi connectivity index (χ1) is 16.8. The highest BCUT2D eigenvalue weighted by Gasteiger charge is 2.29. The first kappa shape index (κ1) is 26.2. The van der Waals surface area contributed by atoms with E-state index in [1.807, 2.05) is 38.1 Å². The monoisotopic (exact) mass is 483 g/mol. The summed E-state index contributed by atoms with van der Waals surface area (Å²) in [5, 5.41) is 2.90. The van der Waals surface area contributed by atoms with Gasteiger partial charge in [0, 0.05) is 24.8 Å². The first-order valence-electron chi connectivity index (χ1n) is 12.1. The van der Waals surface area contributed by atoms with Crippen molar-refractivity contribution in [1.82, 2.24) is 10.2 Å². The summed E-state index contributed by atoms with van der Waals surface area (Å²) in [6.45, 7) is 7.10. The highest BCUT2D eigenvalue weighted by atomic mass is 19.1. The van der Waals surface area contributed by atoms with E-state index >= 15 is 0 Å². The molecular formula is C27H34FN3O4. The molecule has 1 saturated heterocycles. The molecule has 1 atom stereocenters. The van der Waals surface area contributed by atoms with E-state index in [0.717, 1.165) is 24.0 Å². The lowest BCUT2D eigenvalue weighted by Crippen LogP contribution is -2.43. The van der Waals surface area contributed by atoms with Gasteiger partial charge in [0.05, 0.1) is 25.5 Å². The minimum absolute atomic E-state index is 0.0607. The molecule has 1 heterocycles. The molecule has 1 aliphatic rings. The molecule has 2 aromatic rings. The van der Waals surface area contributed by atoms with E-state index in [0.29, 0.717) is 25.4 Å². The smallest absolute Gasteiger partial charge is 0.322 e. The van der Waals surface area contributed by atoms with E-state index in [9.17, 15) is 18.8 Å². The Hall–Kier alpha value is -3.42. The van der Waals surface area contributed by atoms with E-state index in [-0.39, 0.29) is 48.7 Å². The van der Waals surface area contributed by atoms with Gasteiger partial charge in [-0.2, -0.15) is 0 Å². The van der Waals surface area contributed by atoms with Gasteiger partial charge in [-0.15, -0.1) is 0 Å². The predicted molar refractivity (Wildman–Crippen MR) is 132 cm³/mol. The molecule has 2 aromatic carbocycles. The Morgan fingerprint density at radius 1 is 1.14 bits per heavy atom. The summed E-state index contributed by atoms with van der Waals surface area (Å²) in [5.74, 6) is -0.937. The zero-order chi connectivity index (χ0) is 25.4. The van der Waals surface area contributed by atoms with Crippen molar-refractivity contribution >= 4 is 23.6 Å². The molecule has 8 heteroatoms. The Morgan fingerprint density at radius 3 is 2.57 bits per heavy atom. The molecule has 0 radical (unpaired) electrons. The first-order valence-corrected chi connectivity index (χ1v) is 12.1. The molecule has 0 aliphatic carbocycles. The molecule has 1 fully saturated rings. The molecule has 35 heavy (non-hydrogen) atoms. The molecule has 7 nitrogen and oxygen atoms in total. The number of amides is 3. The molecule has 0 bridgehead atoms. The van der Waals surface area contributed by atoms with Crippen molar-refractivity contribution in [1.29, 1.82) is 0 Å². The number of carbonyl (C=O) groups is 3. The van der Waals surface area contributed by atoms with Crippen LogP contribution in [-0.2, 0) is 27.3 Å². The molecule has 0 aromatic heterocycles. The molecule has 0 unspecified atom stereocenters. The summed E-state index contributed by atoms with van der Waals surface area (Å²) in [7, 11) is 0. The third-order valence-electron chi connectivity index (χ3n) is 5.88. The van der Waals surface area contributed by atoms with Gasteiger partial charge in [-0.25, -0.2) is 9.18 Å². The second-order valence-electron chi connectivity index (χ2n) is 9.09. The van der Waals surface area contributed by atoms with E-state index in [2.05, 4.69) is 5.32 Å². The maximum absolute atomic E-state index is 13.4. The van der Waals surface area contributed by atoms with Gasteiger partial charge in [-0.05, 0) is 69.0 Å². The number of hydrogen-bond acceptors (Lipinski definition) is 4. The van der Waals surface area contributed by atoms with Crippen LogP contribution in [-0.4, -0.2) is 48.5 Å². The van der Waals surface area contributed by atoms with E-state index < -0.39 is 0 Å². The fourth-order valence-electron chi connectivity index (χ4n) is 4.15. The minimum Gasteiger partial charge on any atom is -0.466 e. The molecule has 3 rings (SSSR count). The molecule has 0 saturated carbocycles. The number of nitrogens with zero attached hydrogens (tertiary/aromatic N) is 2. The van der Waals surface area contributed by atoms with Crippen LogP contribution in [0.5, 0.6) is 0 Å². The van der Waals surface area contributed by atoms with Gasteiger partial charge < -0.3 is 15.0 Å². The Morgan fingerprint density at radius 2 is 1.89 bits per heavy atom. The lowest BCUT2D eigenvalue weighted by molar-refractivity contribution is -0.151. The Labute approximate surface area is 206 Å². The number of urea groups is 1. The second-order valence-corrected chi connectivity index (χ2v) is 9.09. The maximum atomic E-state index is 13.4. The van der Waals surface area contributed by atoms with Crippen molar-refractivity contribution in [2.75, 3.05) is 24.6 Å². The van der Waals surface area contributed by atoms with Crippen molar-refractivity contribution in [2.45, 2.75) is 52.6 Å². The van der Waals surface area contributed by atoms with Crippen molar-refractivity contribution in [3.05, 3.63) is 65.5 Å². The second kappa shape index (κ2) is 12.3. The van der Waals surface area contributed by atoms with Gasteiger partial charge in [0.1, 0.15) is 5.82 Å². The molecule has 0 spiro atoms. The number of halogens is 1. The van der Waals surface area contributed by atoms with Crippen LogP contribution in [0.3, 0.4) is 0 Å². The van der Waals surface area contributed by atoms with Gasteiger partial charge >= 0.3 is 12.0 Å². The molecule has 1 N–H and O–H groups in total. The fourth-order valence-corrected chi connectivity index (χ4v) is 4.15. The highest BCUT2D eigenvalue weighted by Crippen LogP contribution is 2.22. The average Bonchev–Trinajstić information content (AvgIpc) is 2.83. The summed E-state index contributed by atoms with van der Waals surface area (Å²) in [6.07, 6.45) is 1.65. The van der Waals surface area contributed by atoms with Crippen molar-refractivity contribution in [3.63, 3.8) is 0 Å². The average molecular weight is 484 g/mol. The number of carbonyl (C=O) groups excluding carboxylic acids is 3. The van der Waals surface area contributed by atoms with E-state index in [1.54, 1.807) is 28.9 Å². The van der Waals surface area contributed by atoms with Crippen LogP contribution in [0.2, 0.25) is 0 Å². The number of rotatable bonds is 8. The maximum Gasteiger partial charge on any atom is 0.322 e. The summed E-state index contributed by atoms with van der Waals surface area (Å²) < 4.78 is 18.5. The quantitative estimate of drug-likeness (QED) is 0.568. The number of anilines is 1. The number of benzene rings is 2. The zero-order valence-electron chi connectivity index (χ0n) is 20.6. The fraction of sp³-hybridized carbons (Fsp3) is 0.444. The number of ether oxygens (including phenoxy) is 1. The Balaban J connectivity index is 1.75. The lowest BCUT2D eigenvalue weighted by Gasteiger charge is -2.31. The molecule has 1 aliphatic heterocycles. The van der Waals surface area contributed by atoms with Crippen molar-refractivity contribution in [2.24, 2.45) is 5.92 Å². The summed E-state index contributed by atoms with van der Waals surface area (Å²) >= 11 is 0. The van der Waals surface area contributed by atoms with Crippen LogP contribution < -0.4 is 10.2 Å². The normalized spacial score (nSPS) is 15.6. The minimum atomic E-state index is -0.338. The van der Waals surface area contributed by atoms with Crippen LogP contribution >= 0.6 is 0 Å². The summed E-state index contributed by atoms with van der Waals surface area (Å²) in [5.41, 5.74) is 2.19. The number of hydrogen-bond donors (Lipinski definition) is 1. The van der Waals surface area contributed by atoms with Gasteiger partial charge in [-0.3, -0.25) is 14.5 Å². The van der Waals surface area contributed by atoms with Crippen LogP contribution in [0, 0.1) is 11.7 Å². The number of nitrogens with one attached hydrogen (secondary N) is 1. The van der Waals surface area contributed by atoms with Crippen LogP contribution in [0.15, 0.2) is 48.5 Å². The van der Waals surface area contributed by atoms with Crippen molar-refractivity contribution in [3.8, 4) is 0 Å². The van der Waals surface area contributed by atoms with E-state index in [1.165, 1.54) is 12.1 Å². The third-order valence-corrected chi connectivity index (χ3v) is 5.88. The summed E-state index contributed by atoms with van der Waals surface area (Å²) in [6, 6.07) is 13.0. The van der Waals surface area contributed by atoms with Crippen LogP contribution in [0.25, 0.3) is 0 Å². The third kappa shape index (κ3) is 7.53. The standard InChI is InChI=1S/C27H34FN3O4/c1-4-35-26(33)22-8-6-14-30(18-22)25(32)16-21-7-5-9-24(15-21)31(27(34)29-19(2)3)17-20-10-12-23(28)13-11-20/h5,7,9-13,15,19,22H,4,6,8,14,16-18H2,1-3H3,(H,29,34)/t22-/m0/s1. The molecular weight excluding hydrogens is 449 g/mol. The molecule has 3 amide bonds. The van der Waals surface area contributed by atoms with Crippen LogP contribution in [0.1, 0.15) is 44.7 Å². The Kier molecular flexibility index (Phi) is 9.23. The van der Waals surface area contributed by atoms with Crippen LogP contribution in [0.4, 0.5) is 14.9 Å². The lowest BCUT2D eigenvalue weighted by atomic mass is 9.97. The number of piperidine rings is 1. The van der Waals surface area contributed by atoms with Gasteiger partial charge in [-0.1, -0.05) is 24.3 Å². The highest BCUT2D eigenvalue weighted by molar-refractivity contribution is 5.92. The number of likely N-dealkylation sites (tertiary alicyclic amines) is 1. The van der Waals surface area contributed by atoms with E-state index in [4.69, 9.17) is 4.74 Å². The van der Waals surface area contributed by atoms with Crippen molar-refractivity contribution < 1.29 is 23.5 Å². The predicted octanol–water partition coefficient (Wildman–Crippen LogP) is 4.29. The number of esters is 1. The SMILES string of the molecule is CCOC(=O)[C@H]1CCCN(C(=O)Cc2cccc(N(Cc3ccc(F)cc3)C(=O)NC(C)C)c2)C1. The topological polar surface area (TPSA) is 79.0 Å². The van der Waals surface area contributed by atoms with Gasteiger partial charge in [0.25, 0.3) is 0 Å². The summed E-state index contributed by atoms with van der Waals surface area (Å²) in [4.78, 5) is 41.4. The van der Waals surface area contributed by atoms with Gasteiger partial charge in [0.2, 0.25) is 5.91 Å².